The fourth-order valence-electron chi connectivity index (χ4n) is 2.22. The molecule has 1 fully saturated rings. The Bertz CT molecular complexity index is 297. The van der Waals surface area contributed by atoms with Gasteiger partial charge in [-0.15, -0.1) is 11.6 Å². The second-order valence-electron chi connectivity index (χ2n) is 4.15. The Kier molecular flexibility index (Phi) is 3.06. The van der Waals surface area contributed by atoms with E-state index in [0.29, 0.717) is 11.8 Å². The molecule has 1 saturated carbocycles. The summed E-state index contributed by atoms with van der Waals surface area (Å²) in [5.41, 5.74) is 0. The van der Waals surface area contributed by atoms with Crippen LogP contribution in [-0.2, 0) is 0 Å². The topological polar surface area (TPSA) is 41.6 Å². The van der Waals surface area contributed by atoms with Crippen LogP contribution >= 0.6 is 11.6 Å². The zero-order valence-corrected chi connectivity index (χ0v) is 9.22. The summed E-state index contributed by atoms with van der Waals surface area (Å²) >= 11 is 5.89. The van der Waals surface area contributed by atoms with Gasteiger partial charge in [-0.3, -0.25) is 5.10 Å². The summed E-state index contributed by atoms with van der Waals surface area (Å²) in [4.78, 5) is 4.39. The van der Waals surface area contributed by atoms with Crippen LogP contribution in [0.15, 0.2) is 0 Å². The van der Waals surface area contributed by atoms with Crippen molar-refractivity contribution in [2.45, 2.75) is 38.5 Å². The quantitative estimate of drug-likeness (QED) is 0.768. The van der Waals surface area contributed by atoms with Crippen molar-refractivity contribution in [1.82, 2.24) is 15.2 Å². The molecule has 1 aliphatic rings. The van der Waals surface area contributed by atoms with Gasteiger partial charge in [-0.1, -0.05) is 6.42 Å². The number of hydrogen-bond acceptors (Lipinski definition) is 2. The highest BCUT2D eigenvalue weighted by Gasteiger charge is 2.24. The van der Waals surface area contributed by atoms with Crippen molar-refractivity contribution in [2.75, 3.05) is 5.88 Å². The number of alkyl halides is 1. The molecule has 2 unspecified atom stereocenters. The Morgan fingerprint density at radius 1 is 1.50 bits per heavy atom. The number of nitrogens with zero attached hydrogens (tertiary/aromatic N) is 2. The number of aryl methyl sites for hydroxylation is 1. The Balaban J connectivity index is 2.04. The van der Waals surface area contributed by atoms with E-state index in [9.17, 15) is 0 Å². The number of aromatic amines is 1. The zero-order valence-electron chi connectivity index (χ0n) is 8.46. The highest BCUT2D eigenvalue weighted by molar-refractivity contribution is 6.18. The van der Waals surface area contributed by atoms with E-state index in [1.165, 1.54) is 19.3 Å². The predicted molar refractivity (Wildman–Crippen MR) is 56.5 cm³/mol. The molecular weight excluding hydrogens is 198 g/mol. The molecule has 0 aliphatic heterocycles. The van der Waals surface area contributed by atoms with E-state index in [-0.39, 0.29) is 0 Å². The minimum atomic E-state index is 0.550. The van der Waals surface area contributed by atoms with E-state index >= 15 is 0 Å². The molecule has 0 saturated heterocycles. The SMILES string of the molecule is Cc1n[nH]c(C2CCCC(CCl)C2)n1. The normalized spacial score (nSPS) is 27.9. The lowest BCUT2D eigenvalue weighted by atomic mass is 9.82. The van der Waals surface area contributed by atoms with Crippen molar-refractivity contribution >= 4 is 11.6 Å². The summed E-state index contributed by atoms with van der Waals surface area (Å²) < 4.78 is 0. The van der Waals surface area contributed by atoms with Crippen molar-refractivity contribution in [1.29, 1.82) is 0 Å². The molecule has 0 amide bonds. The van der Waals surface area contributed by atoms with Crippen molar-refractivity contribution in [3.63, 3.8) is 0 Å². The van der Waals surface area contributed by atoms with Gasteiger partial charge in [0.2, 0.25) is 0 Å². The van der Waals surface area contributed by atoms with Crippen molar-refractivity contribution < 1.29 is 0 Å². The maximum Gasteiger partial charge on any atom is 0.147 e. The summed E-state index contributed by atoms with van der Waals surface area (Å²) in [6.45, 7) is 1.92. The summed E-state index contributed by atoms with van der Waals surface area (Å²) in [5, 5.41) is 7.09. The number of aromatic nitrogens is 3. The molecule has 14 heavy (non-hydrogen) atoms. The van der Waals surface area contributed by atoms with Crippen LogP contribution in [0.4, 0.5) is 0 Å². The number of nitrogens with one attached hydrogen (secondary N) is 1. The van der Waals surface area contributed by atoms with Crippen LogP contribution < -0.4 is 0 Å². The second-order valence-corrected chi connectivity index (χ2v) is 4.46. The number of halogens is 1. The summed E-state index contributed by atoms with van der Waals surface area (Å²) in [6, 6.07) is 0. The van der Waals surface area contributed by atoms with E-state index in [4.69, 9.17) is 11.6 Å². The van der Waals surface area contributed by atoms with Gasteiger partial charge in [0.1, 0.15) is 11.6 Å². The van der Waals surface area contributed by atoms with Crippen LogP contribution in [-0.4, -0.2) is 21.1 Å². The van der Waals surface area contributed by atoms with Crippen molar-refractivity contribution in [3.05, 3.63) is 11.6 Å². The molecule has 1 aromatic rings. The van der Waals surface area contributed by atoms with Gasteiger partial charge in [-0.2, -0.15) is 5.10 Å². The molecule has 2 rings (SSSR count). The molecule has 1 heterocycles. The minimum Gasteiger partial charge on any atom is -0.263 e. The average Bonchev–Trinajstić information content (AvgIpc) is 2.65. The first-order valence-corrected chi connectivity index (χ1v) is 5.78. The smallest absolute Gasteiger partial charge is 0.147 e. The number of H-pyrrole nitrogens is 1. The fraction of sp³-hybridized carbons (Fsp3) is 0.800. The van der Waals surface area contributed by atoms with Gasteiger partial charge in [0.05, 0.1) is 0 Å². The van der Waals surface area contributed by atoms with Gasteiger partial charge in [0.25, 0.3) is 0 Å². The highest BCUT2D eigenvalue weighted by atomic mass is 35.5. The van der Waals surface area contributed by atoms with Crippen LogP contribution in [0.25, 0.3) is 0 Å². The van der Waals surface area contributed by atoms with E-state index in [0.717, 1.165) is 23.9 Å². The molecule has 4 heteroatoms. The molecule has 1 N–H and O–H groups in total. The van der Waals surface area contributed by atoms with Crippen molar-refractivity contribution in [3.8, 4) is 0 Å². The van der Waals surface area contributed by atoms with Crippen LogP contribution in [0.5, 0.6) is 0 Å². The molecule has 0 bridgehead atoms. The summed E-state index contributed by atoms with van der Waals surface area (Å²) in [5.74, 6) is 3.89. The monoisotopic (exact) mass is 213 g/mol. The second kappa shape index (κ2) is 4.30. The van der Waals surface area contributed by atoms with Gasteiger partial charge < -0.3 is 0 Å². The van der Waals surface area contributed by atoms with Crippen LogP contribution in [0, 0.1) is 12.8 Å². The third-order valence-corrected chi connectivity index (χ3v) is 3.44. The lowest BCUT2D eigenvalue weighted by Gasteiger charge is -2.25. The maximum atomic E-state index is 5.89. The van der Waals surface area contributed by atoms with E-state index in [1.807, 2.05) is 6.92 Å². The van der Waals surface area contributed by atoms with Gasteiger partial charge in [0, 0.05) is 11.8 Å². The number of rotatable bonds is 2. The largest absolute Gasteiger partial charge is 0.263 e. The third kappa shape index (κ3) is 2.08. The van der Waals surface area contributed by atoms with Gasteiger partial charge in [0.15, 0.2) is 0 Å². The average molecular weight is 214 g/mol. The van der Waals surface area contributed by atoms with Gasteiger partial charge in [-0.05, 0) is 32.1 Å². The molecule has 78 valence electrons. The molecule has 3 nitrogen and oxygen atoms in total. The molecule has 2 atom stereocenters. The standard InChI is InChI=1S/C10H16ClN3/c1-7-12-10(14-13-7)9-4-2-3-8(5-9)6-11/h8-9H,2-6H2,1H3,(H,12,13,14). The molecular formula is C10H16ClN3. The summed E-state index contributed by atoms with van der Waals surface area (Å²) in [7, 11) is 0. The lowest BCUT2D eigenvalue weighted by Crippen LogP contribution is -2.16. The molecule has 1 aliphatic carbocycles. The molecule has 0 spiro atoms. The van der Waals surface area contributed by atoms with Crippen LogP contribution in [0.2, 0.25) is 0 Å². The van der Waals surface area contributed by atoms with Gasteiger partial charge in [-0.25, -0.2) is 4.98 Å². The Hall–Kier alpha value is -0.570. The number of hydrogen-bond donors (Lipinski definition) is 1. The minimum absolute atomic E-state index is 0.550. The highest BCUT2D eigenvalue weighted by Crippen LogP contribution is 2.34. The van der Waals surface area contributed by atoms with Gasteiger partial charge >= 0.3 is 0 Å². The predicted octanol–water partition coefficient (Wildman–Crippen LogP) is 2.63. The van der Waals surface area contributed by atoms with Crippen molar-refractivity contribution in [2.24, 2.45) is 5.92 Å². The zero-order chi connectivity index (χ0) is 9.97. The first-order chi connectivity index (χ1) is 6.79. The third-order valence-electron chi connectivity index (χ3n) is 3.00. The Labute approximate surface area is 89.3 Å². The van der Waals surface area contributed by atoms with E-state index in [2.05, 4.69) is 15.2 Å². The van der Waals surface area contributed by atoms with Crippen LogP contribution in [0.3, 0.4) is 0 Å². The summed E-state index contributed by atoms with van der Waals surface area (Å²) in [6.07, 6.45) is 4.93. The maximum absolute atomic E-state index is 5.89. The first-order valence-electron chi connectivity index (χ1n) is 5.24. The molecule has 0 aromatic carbocycles. The lowest BCUT2D eigenvalue weighted by molar-refractivity contribution is 0.339. The van der Waals surface area contributed by atoms with E-state index in [1.54, 1.807) is 0 Å². The molecule has 0 radical (unpaired) electrons. The Morgan fingerprint density at radius 2 is 2.36 bits per heavy atom. The molecule has 1 aromatic heterocycles. The Morgan fingerprint density at radius 3 is 3.00 bits per heavy atom. The van der Waals surface area contributed by atoms with Crippen LogP contribution in [0.1, 0.15) is 43.3 Å². The fourth-order valence-corrected chi connectivity index (χ4v) is 2.50. The first kappa shape index (κ1) is 9.97. The van der Waals surface area contributed by atoms with E-state index < -0.39 is 0 Å².